The second-order valence-corrected chi connectivity index (χ2v) is 8.16. The smallest absolute Gasteiger partial charge is 0.326 e. The Balaban J connectivity index is 1.49. The van der Waals surface area contributed by atoms with E-state index in [9.17, 15) is 14.7 Å². The van der Waals surface area contributed by atoms with Crippen molar-refractivity contribution in [2.75, 3.05) is 32.8 Å². The van der Waals surface area contributed by atoms with Gasteiger partial charge in [0.05, 0.1) is 0 Å². The number of likely N-dealkylation sites (tertiary alicyclic amines) is 2. The Morgan fingerprint density at radius 2 is 1.96 bits per heavy atom. The first-order valence-electron chi connectivity index (χ1n) is 9.72. The van der Waals surface area contributed by atoms with Crippen molar-refractivity contribution in [3.8, 4) is 5.75 Å². The molecule has 27 heavy (non-hydrogen) atoms. The summed E-state index contributed by atoms with van der Waals surface area (Å²) >= 11 is 0. The number of carbonyl (C=O) groups is 2. The molecule has 1 N–H and O–H groups in total. The molecular formula is C21H30N2O4. The summed E-state index contributed by atoms with van der Waals surface area (Å²) in [6.07, 6.45) is 2.45. The quantitative estimate of drug-likeness (QED) is 0.857. The number of hydrogen-bond acceptors (Lipinski definition) is 4. The van der Waals surface area contributed by atoms with E-state index in [-0.39, 0.29) is 11.3 Å². The van der Waals surface area contributed by atoms with Crippen LogP contribution in [0.1, 0.15) is 37.3 Å². The van der Waals surface area contributed by atoms with Crippen LogP contribution >= 0.6 is 0 Å². The van der Waals surface area contributed by atoms with Crippen LogP contribution in [0.3, 0.4) is 0 Å². The molecule has 148 valence electrons. The van der Waals surface area contributed by atoms with Gasteiger partial charge in [-0.3, -0.25) is 9.69 Å². The van der Waals surface area contributed by atoms with Gasteiger partial charge < -0.3 is 14.7 Å². The molecule has 0 saturated carbocycles. The van der Waals surface area contributed by atoms with Gasteiger partial charge in [0.1, 0.15) is 18.4 Å². The molecule has 1 aromatic rings. The Kier molecular flexibility index (Phi) is 5.75. The van der Waals surface area contributed by atoms with Crippen LogP contribution in [0.4, 0.5) is 0 Å². The van der Waals surface area contributed by atoms with Crippen molar-refractivity contribution in [2.45, 2.75) is 46.1 Å². The van der Waals surface area contributed by atoms with Gasteiger partial charge >= 0.3 is 5.97 Å². The summed E-state index contributed by atoms with van der Waals surface area (Å²) in [5.41, 5.74) is 2.35. The van der Waals surface area contributed by atoms with E-state index in [1.165, 1.54) is 12.5 Å². The molecule has 3 rings (SSSR count). The number of nitrogens with zero attached hydrogens (tertiary/aromatic N) is 2. The molecule has 6 heteroatoms. The summed E-state index contributed by atoms with van der Waals surface area (Å²) in [6.45, 7) is 9.54. The van der Waals surface area contributed by atoms with Crippen molar-refractivity contribution in [3.05, 3.63) is 29.3 Å². The standard InChI is InChI=1S/C21H30N2O4/c1-15-4-5-19(16(2)12-15)27-11-10-22-8-6-21(7-9-22)13-18(20(25)26)23(14-21)17(3)24/h4-5,12,18H,6-11,13-14H2,1-3H3,(H,25,26)/t18-/m1/s1. The van der Waals surface area contributed by atoms with Crippen LogP contribution < -0.4 is 4.74 Å². The first kappa shape index (κ1) is 19.7. The third kappa shape index (κ3) is 4.43. The van der Waals surface area contributed by atoms with E-state index >= 15 is 0 Å². The molecule has 2 heterocycles. The molecule has 1 spiro atoms. The Bertz CT molecular complexity index is 686. The number of carbonyl (C=O) groups excluding carboxylic acids is 1. The number of hydrogen-bond donors (Lipinski definition) is 1. The van der Waals surface area contributed by atoms with Crippen molar-refractivity contribution in [1.82, 2.24) is 9.80 Å². The summed E-state index contributed by atoms with van der Waals surface area (Å²) < 4.78 is 5.94. The molecular weight excluding hydrogens is 344 g/mol. The van der Waals surface area contributed by atoms with Gasteiger partial charge in [0.2, 0.25) is 5.91 Å². The van der Waals surface area contributed by atoms with E-state index in [4.69, 9.17) is 4.74 Å². The molecule has 2 aliphatic rings. The van der Waals surface area contributed by atoms with Gasteiger partial charge in [0.15, 0.2) is 0 Å². The summed E-state index contributed by atoms with van der Waals surface area (Å²) in [4.78, 5) is 27.2. The van der Waals surface area contributed by atoms with Crippen molar-refractivity contribution < 1.29 is 19.4 Å². The number of aryl methyl sites for hydroxylation is 2. The summed E-state index contributed by atoms with van der Waals surface area (Å²) in [5, 5.41) is 9.44. The highest BCUT2D eigenvalue weighted by atomic mass is 16.5. The highest BCUT2D eigenvalue weighted by Crippen LogP contribution is 2.43. The van der Waals surface area contributed by atoms with E-state index in [2.05, 4.69) is 30.9 Å². The van der Waals surface area contributed by atoms with Crippen LogP contribution in [0, 0.1) is 19.3 Å². The lowest BCUT2D eigenvalue weighted by Gasteiger charge is -2.39. The van der Waals surface area contributed by atoms with Crippen molar-refractivity contribution >= 4 is 11.9 Å². The fourth-order valence-electron chi connectivity index (χ4n) is 4.47. The Morgan fingerprint density at radius 3 is 2.52 bits per heavy atom. The predicted molar refractivity (Wildman–Crippen MR) is 103 cm³/mol. The minimum Gasteiger partial charge on any atom is -0.492 e. The van der Waals surface area contributed by atoms with Crippen LogP contribution in [-0.4, -0.2) is 65.6 Å². The van der Waals surface area contributed by atoms with Gasteiger partial charge in [-0.2, -0.15) is 0 Å². The SMILES string of the molecule is CC(=O)N1CC2(CCN(CCOc3ccc(C)cc3C)CC2)C[C@@H]1C(=O)O. The van der Waals surface area contributed by atoms with E-state index in [0.29, 0.717) is 19.6 Å². The van der Waals surface area contributed by atoms with Crippen LogP contribution in [0.2, 0.25) is 0 Å². The number of carboxylic acids is 1. The highest BCUT2D eigenvalue weighted by Gasteiger charge is 2.48. The number of carboxylic acid groups (broad SMARTS) is 1. The predicted octanol–water partition coefficient (Wildman–Crippen LogP) is 2.47. The van der Waals surface area contributed by atoms with Gasteiger partial charge in [-0.15, -0.1) is 0 Å². The van der Waals surface area contributed by atoms with E-state index in [1.54, 1.807) is 4.90 Å². The fraction of sp³-hybridized carbons (Fsp3) is 0.619. The normalized spacial score (nSPS) is 22.2. The van der Waals surface area contributed by atoms with Crippen LogP contribution in [0.15, 0.2) is 18.2 Å². The number of amides is 1. The fourth-order valence-corrected chi connectivity index (χ4v) is 4.47. The molecule has 0 aromatic heterocycles. The number of ether oxygens (including phenoxy) is 1. The topological polar surface area (TPSA) is 70.1 Å². The van der Waals surface area contributed by atoms with Gasteiger partial charge in [0, 0.05) is 20.0 Å². The molecule has 0 bridgehead atoms. The molecule has 2 fully saturated rings. The van der Waals surface area contributed by atoms with Crippen LogP contribution in [-0.2, 0) is 9.59 Å². The molecule has 2 saturated heterocycles. The first-order valence-corrected chi connectivity index (χ1v) is 9.72. The number of rotatable bonds is 5. The van der Waals surface area contributed by atoms with Gasteiger partial charge in [0.25, 0.3) is 0 Å². The third-order valence-electron chi connectivity index (χ3n) is 6.11. The van der Waals surface area contributed by atoms with Crippen LogP contribution in [0.5, 0.6) is 5.75 Å². The second kappa shape index (κ2) is 7.89. The maximum Gasteiger partial charge on any atom is 0.326 e. The van der Waals surface area contributed by atoms with Gasteiger partial charge in [-0.1, -0.05) is 17.7 Å². The Labute approximate surface area is 161 Å². The summed E-state index contributed by atoms with van der Waals surface area (Å²) in [7, 11) is 0. The average molecular weight is 374 g/mol. The summed E-state index contributed by atoms with van der Waals surface area (Å²) in [6, 6.07) is 5.55. The molecule has 2 aliphatic heterocycles. The maximum atomic E-state index is 11.8. The molecule has 0 radical (unpaired) electrons. The lowest BCUT2D eigenvalue weighted by atomic mass is 9.76. The Hall–Kier alpha value is -2.08. The first-order chi connectivity index (χ1) is 12.8. The van der Waals surface area contributed by atoms with Gasteiger partial charge in [-0.25, -0.2) is 4.79 Å². The number of aliphatic carboxylic acids is 1. The Morgan fingerprint density at radius 1 is 1.26 bits per heavy atom. The maximum absolute atomic E-state index is 11.8. The second-order valence-electron chi connectivity index (χ2n) is 8.16. The molecule has 1 amide bonds. The average Bonchev–Trinajstić information content (AvgIpc) is 2.99. The lowest BCUT2D eigenvalue weighted by molar-refractivity contribution is -0.147. The molecule has 1 atom stereocenters. The molecule has 0 unspecified atom stereocenters. The number of piperidine rings is 1. The zero-order valence-electron chi connectivity index (χ0n) is 16.5. The lowest BCUT2D eigenvalue weighted by Crippen LogP contribution is -2.43. The van der Waals surface area contributed by atoms with Gasteiger partial charge in [-0.05, 0) is 63.2 Å². The van der Waals surface area contributed by atoms with Crippen molar-refractivity contribution in [2.24, 2.45) is 5.41 Å². The largest absolute Gasteiger partial charge is 0.492 e. The van der Waals surface area contributed by atoms with E-state index < -0.39 is 12.0 Å². The highest BCUT2D eigenvalue weighted by molar-refractivity contribution is 5.83. The van der Waals surface area contributed by atoms with E-state index in [0.717, 1.165) is 43.8 Å². The number of benzene rings is 1. The van der Waals surface area contributed by atoms with Crippen molar-refractivity contribution in [3.63, 3.8) is 0 Å². The summed E-state index contributed by atoms with van der Waals surface area (Å²) in [5.74, 6) is -0.0822. The molecule has 0 aliphatic carbocycles. The monoisotopic (exact) mass is 374 g/mol. The third-order valence-corrected chi connectivity index (χ3v) is 6.11. The minimum absolute atomic E-state index is 0.0420. The van der Waals surface area contributed by atoms with E-state index in [1.807, 2.05) is 6.07 Å². The zero-order chi connectivity index (χ0) is 19.6. The molecule has 6 nitrogen and oxygen atoms in total. The van der Waals surface area contributed by atoms with Crippen LogP contribution in [0.25, 0.3) is 0 Å². The van der Waals surface area contributed by atoms with Crippen molar-refractivity contribution in [1.29, 1.82) is 0 Å². The molecule has 1 aromatic carbocycles. The zero-order valence-corrected chi connectivity index (χ0v) is 16.5. The minimum atomic E-state index is -0.883.